The Morgan fingerprint density at radius 3 is 2.28 bits per heavy atom. The van der Waals surface area contributed by atoms with E-state index in [9.17, 15) is 26.3 Å². The van der Waals surface area contributed by atoms with E-state index in [1.165, 1.54) is 16.7 Å². The number of aryl methyl sites for hydroxylation is 2. The maximum absolute atomic E-state index is 13.6. The number of nitrogens with zero attached hydrogens (tertiary/aromatic N) is 7. The lowest BCUT2D eigenvalue weighted by molar-refractivity contribution is -0.143. The zero-order valence-electron chi connectivity index (χ0n) is 23.9. The van der Waals surface area contributed by atoms with Crippen molar-refractivity contribution in [2.75, 3.05) is 29.5 Å². The van der Waals surface area contributed by atoms with Crippen LogP contribution in [0.15, 0.2) is 42.5 Å². The van der Waals surface area contributed by atoms with Gasteiger partial charge in [0, 0.05) is 43.7 Å². The van der Waals surface area contributed by atoms with Gasteiger partial charge in [0.15, 0.2) is 0 Å². The summed E-state index contributed by atoms with van der Waals surface area (Å²) in [5.74, 6) is 0.694. The van der Waals surface area contributed by atoms with Crippen LogP contribution in [0.4, 0.5) is 38.1 Å². The van der Waals surface area contributed by atoms with Gasteiger partial charge in [-0.2, -0.15) is 31.1 Å². The molecule has 5 rings (SSSR count). The Hall–Kier alpha value is -3.94. The summed E-state index contributed by atoms with van der Waals surface area (Å²) in [5, 5.41) is 13.0. The van der Waals surface area contributed by atoms with Crippen molar-refractivity contribution in [3.05, 3.63) is 70.3 Å². The molecule has 0 radical (unpaired) electrons. The number of aromatic nitrogens is 5. The Bertz CT molecular complexity index is 1550. The van der Waals surface area contributed by atoms with Gasteiger partial charge in [0.05, 0.1) is 29.8 Å². The lowest BCUT2D eigenvalue weighted by atomic mass is 10.0. The summed E-state index contributed by atoms with van der Waals surface area (Å²) in [6.07, 6.45) is -8.05. The minimum Gasteiger partial charge on any atom is -0.376 e. The molecule has 14 heteroatoms. The van der Waals surface area contributed by atoms with E-state index in [0.717, 1.165) is 41.4 Å². The summed E-state index contributed by atoms with van der Waals surface area (Å²) in [4.78, 5) is 9.79. The van der Waals surface area contributed by atoms with Crippen molar-refractivity contribution >= 4 is 22.7 Å². The van der Waals surface area contributed by atoms with Crippen LogP contribution in [0.25, 0.3) is 10.9 Å². The molecular formula is C29H31F6N7O. The first-order chi connectivity index (χ1) is 20.3. The first kappa shape index (κ1) is 30.5. The molecule has 4 aromatic rings. The van der Waals surface area contributed by atoms with E-state index in [0.29, 0.717) is 31.1 Å². The Labute approximate surface area is 244 Å². The molecule has 0 spiro atoms. The predicted molar refractivity (Wildman–Crippen MR) is 148 cm³/mol. The molecular weight excluding hydrogens is 576 g/mol. The fraction of sp³-hybridized carbons (Fsp3) is 0.448. The standard InChI is InChI=1S/C29H31F6N7O/c1-4-41(17-24-9-6-10-43-24)26-21(13-20-8-5-7-18(2)25(20)36-26)16-42(27-37-39-40(3)38-27)15-19-11-22(28(30,31)32)14-23(12-19)29(33,34)35/h5,7-8,11-14,24H,4,6,9-10,15-17H2,1-3H3. The molecule has 2 aromatic heterocycles. The van der Waals surface area contributed by atoms with E-state index in [4.69, 9.17) is 9.72 Å². The molecule has 0 amide bonds. The highest BCUT2D eigenvalue weighted by atomic mass is 19.4. The van der Waals surface area contributed by atoms with Crippen molar-refractivity contribution < 1.29 is 31.1 Å². The van der Waals surface area contributed by atoms with Gasteiger partial charge in [0.2, 0.25) is 0 Å². The summed E-state index contributed by atoms with van der Waals surface area (Å²) < 4.78 is 87.7. The van der Waals surface area contributed by atoms with E-state index in [1.807, 2.05) is 38.1 Å². The smallest absolute Gasteiger partial charge is 0.376 e. The van der Waals surface area contributed by atoms with Crippen LogP contribution in [0.2, 0.25) is 0 Å². The number of rotatable bonds is 9. The van der Waals surface area contributed by atoms with Crippen LogP contribution in [0.5, 0.6) is 0 Å². The van der Waals surface area contributed by atoms with E-state index < -0.39 is 23.5 Å². The second-order valence-corrected chi connectivity index (χ2v) is 10.6. The van der Waals surface area contributed by atoms with Crippen LogP contribution in [-0.2, 0) is 37.2 Å². The number of para-hydroxylation sites is 1. The summed E-state index contributed by atoms with van der Waals surface area (Å²) in [6, 6.07) is 9.26. The highest BCUT2D eigenvalue weighted by Gasteiger charge is 2.37. The lowest BCUT2D eigenvalue weighted by Gasteiger charge is -2.29. The van der Waals surface area contributed by atoms with Crippen molar-refractivity contribution in [2.45, 2.75) is 58.2 Å². The number of tetrazole rings is 1. The van der Waals surface area contributed by atoms with Gasteiger partial charge in [-0.15, -0.1) is 5.10 Å². The van der Waals surface area contributed by atoms with Gasteiger partial charge in [-0.25, -0.2) is 4.98 Å². The van der Waals surface area contributed by atoms with Crippen LogP contribution < -0.4 is 9.80 Å². The number of ether oxygens (including phenoxy) is 1. The minimum absolute atomic E-state index is 0.0193. The Balaban J connectivity index is 1.60. The number of halogens is 6. The number of benzene rings is 2. The molecule has 3 heterocycles. The molecule has 8 nitrogen and oxygen atoms in total. The zero-order valence-corrected chi connectivity index (χ0v) is 23.9. The third-order valence-electron chi connectivity index (χ3n) is 7.40. The molecule has 1 unspecified atom stereocenters. The maximum Gasteiger partial charge on any atom is 0.416 e. The van der Waals surface area contributed by atoms with Gasteiger partial charge < -0.3 is 14.5 Å². The Morgan fingerprint density at radius 2 is 1.70 bits per heavy atom. The molecule has 1 fully saturated rings. The number of hydrogen-bond donors (Lipinski definition) is 0. The molecule has 1 aliphatic rings. The maximum atomic E-state index is 13.6. The SMILES string of the molecule is CCN(CC1CCCO1)c1nc2c(C)cccc2cc1CN(Cc1cc(C(F)(F)F)cc(C(F)(F)F)c1)c1nnn(C)n1. The number of fused-ring (bicyclic) bond motifs is 1. The Kier molecular flexibility index (Phi) is 8.50. The van der Waals surface area contributed by atoms with Crippen LogP contribution in [-0.4, -0.2) is 51.0 Å². The van der Waals surface area contributed by atoms with Gasteiger partial charge in [-0.3, -0.25) is 0 Å². The summed E-state index contributed by atoms with van der Waals surface area (Å²) in [6.45, 7) is 5.51. The van der Waals surface area contributed by atoms with Crippen molar-refractivity contribution in [1.29, 1.82) is 0 Å². The second-order valence-electron chi connectivity index (χ2n) is 10.6. The molecule has 1 saturated heterocycles. The first-order valence-electron chi connectivity index (χ1n) is 13.8. The van der Waals surface area contributed by atoms with Gasteiger partial charge in [-0.1, -0.05) is 23.3 Å². The van der Waals surface area contributed by atoms with Gasteiger partial charge in [0.25, 0.3) is 5.95 Å². The molecule has 1 atom stereocenters. The molecule has 1 aliphatic heterocycles. The van der Waals surface area contributed by atoms with Gasteiger partial charge >= 0.3 is 12.4 Å². The van der Waals surface area contributed by atoms with Crippen molar-refractivity contribution in [3.63, 3.8) is 0 Å². The molecule has 2 aromatic carbocycles. The third kappa shape index (κ3) is 7.00. The molecule has 0 saturated carbocycles. The highest BCUT2D eigenvalue weighted by molar-refractivity contribution is 5.84. The van der Waals surface area contributed by atoms with E-state index >= 15 is 0 Å². The van der Waals surface area contributed by atoms with Crippen molar-refractivity contribution in [3.8, 4) is 0 Å². The fourth-order valence-corrected chi connectivity index (χ4v) is 5.31. The summed E-state index contributed by atoms with van der Waals surface area (Å²) in [7, 11) is 1.52. The molecule has 0 bridgehead atoms. The third-order valence-corrected chi connectivity index (χ3v) is 7.40. The van der Waals surface area contributed by atoms with Crippen LogP contribution in [0, 0.1) is 6.92 Å². The van der Waals surface area contributed by atoms with Crippen LogP contribution >= 0.6 is 0 Å². The number of pyridine rings is 1. The zero-order chi connectivity index (χ0) is 30.9. The topological polar surface area (TPSA) is 72.2 Å². The van der Waals surface area contributed by atoms with Gasteiger partial charge in [-0.05, 0) is 67.3 Å². The van der Waals surface area contributed by atoms with Crippen LogP contribution in [0.3, 0.4) is 0 Å². The Morgan fingerprint density at radius 1 is 0.977 bits per heavy atom. The molecule has 43 heavy (non-hydrogen) atoms. The van der Waals surface area contributed by atoms with Crippen molar-refractivity contribution in [1.82, 2.24) is 25.2 Å². The van der Waals surface area contributed by atoms with Crippen LogP contribution in [0.1, 0.15) is 47.6 Å². The van der Waals surface area contributed by atoms with E-state index in [-0.39, 0.29) is 36.8 Å². The average Bonchev–Trinajstić information content (AvgIpc) is 3.62. The number of anilines is 2. The first-order valence-corrected chi connectivity index (χ1v) is 13.8. The summed E-state index contributed by atoms with van der Waals surface area (Å²) >= 11 is 0. The molecule has 0 aliphatic carbocycles. The highest BCUT2D eigenvalue weighted by Crippen LogP contribution is 2.37. The van der Waals surface area contributed by atoms with Gasteiger partial charge in [0.1, 0.15) is 5.82 Å². The lowest BCUT2D eigenvalue weighted by Crippen LogP contribution is -2.34. The molecule has 230 valence electrons. The predicted octanol–water partition coefficient (Wildman–Crippen LogP) is 6.32. The second kappa shape index (κ2) is 12.0. The fourth-order valence-electron chi connectivity index (χ4n) is 5.31. The average molecular weight is 608 g/mol. The number of likely N-dealkylation sites (N-methyl/N-ethyl adjacent to an activating group) is 1. The van der Waals surface area contributed by atoms with E-state index in [1.54, 1.807) is 0 Å². The minimum atomic E-state index is -4.97. The van der Waals surface area contributed by atoms with E-state index in [2.05, 4.69) is 20.3 Å². The van der Waals surface area contributed by atoms with Crippen molar-refractivity contribution in [2.24, 2.45) is 7.05 Å². The number of hydrogen-bond acceptors (Lipinski definition) is 7. The quantitative estimate of drug-likeness (QED) is 0.206. The monoisotopic (exact) mass is 607 g/mol. The molecule has 0 N–H and O–H groups in total. The summed E-state index contributed by atoms with van der Waals surface area (Å²) in [5.41, 5.74) is -0.511. The number of alkyl halides is 6. The largest absolute Gasteiger partial charge is 0.416 e. The normalized spacial score (nSPS) is 15.8.